The second kappa shape index (κ2) is 8.01. The summed E-state index contributed by atoms with van der Waals surface area (Å²) in [7, 11) is 0. The quantitative estimate of drug-likeness (QED) is 0.180. The molecule has 6 heterocycles. The third kappa shape index (κ3) is 2.77. The average molecular weight is 608 g/mol. The number of para-hydroxylation sites is 2. The molecule has 0 aliphatic carbocycles. The molecule has 12 rings (SSSR count). The molecule has 0 radical (unpaired) electrons. The van der Waals surface area contributed by atoms with E-state index >= 15 is 0 Å². The maximum Gasteiger partial charge on any atom is 0.252 e. The Labute approximate surface area is 275 Å². The fraction of sp³-hybridized carbons (Fsp3) is 0.0500. The molecule has 47 heavy (non-hydrogen) atoms. The topological polar surface area (TPSA) is 61.9 Å². The molecule has 6 nitrogen and oxygen atoms in total. The molecule has 10 aromatic rings. The number of hydrogen-bond acceptors (Lipinski definition) is 4. The molecular formula is C40H23BN4O2. The first-order chi connectivity index (χ1) is 25.6. The summed E-state index contributed by atoms with van der Waals surface area (Å²) in [6.45, 7) is -5.57. The van der Waals surface area contributed by atoms with Crippen LogP contribution >= 0.6 is 0 Å². The van der Waals surface area contributed by atoms with Crippen LogP contribution in [0.1, 0.15) is 19.6 Å². The van der Waals surface area contributed by atoms with Gasteiger partial charge in [-0.1, -0.05) is 66.7 Å². The summed E-state index contributed by atoms with van der Waals surface area (Å²) >= 11 is 0. The van der Waals surface area contributed by atoms with Crippen molar-refractivity contribution in [3.63, 3.8) is 0 Å². The van der Waals surface area contributed by atoms with Gasteiger partial charge >= 0.3 is 0 Å². The number of benzene rings is 6. The minimum atomic E-state index is -2.55. The van der Waals surface area contributed by atoms with Gasteiger partial charge in [0.1, 0.15) is 22.3 Å². The van der Waals surface area contributed by atoms with E-state index in [0.717, 1.165) is 38.3 Å². The van der Waals surface area contributed by atoms with Crippen molar-refractivity contribution >= 4 is 88.8 Å². The Kier molecular flexibility index (Phi) is 3.31. The molecule has 2 aliphatic rings. The lowest BCUT2D eigenvalue weighted by Crippen LogP contribution is -2.59. The lowest BCUT2D eigenvalue weighted by atomic mass is 9.34. The lowest BCUT2D eigenvalue weighted by molar-refractivity contribution is 0.669. The van der Waals surface area contributed by atoms with Gasteiger partial charge in [-0.15, -0.1) is 0 Å². The minimum absolute atomic E-state index is 0.0104. The van der Waals surface area contributed by atoms with E-state index in [1.807, 2.05) is 103 Å². The Balaban J connectivity index is 1.34. The van der Waals surface area contributed by atoms with E-state index in [1.54, 1.807) is 9.36 Å². The first-order valence-corrected chi connectivity index (χ1v) is 15.5. The van der Waals surface area contributed by atoms with Gasteiger partial charge in [-0.2, -0.15) is 10.2 Å². The largest absolute Gasteiger partial charge is 0.456 e. The van der Waals surface area contributed by atoms with Gasteiger partial charge in [0, 0.05) is 40.5 Å². The number of nitrogens with zero attached hydrogens (tertiary/aromatic N) is 4. The number of rotatable bonds is 1. The summed E-state index contributed by atoms with van der Waals surface area (Å²) in [6.07, 6.45) is 0. The van der Waals surface area contributed by atoms with E-state index < -0.39 is 20.4 Å². The summed E-state index contributed by atoms with van der Waals surface area (Å²) in [5, 5.41) is 13.9. The Morgan fingerprint density at radius 3 is 1.60 bits per heavy atom. The predicted molar refractivity (Wildman–Crippen MR) is 190 cm³/mol. The van der Waals surface area contributed by atoms with Gasteiger partial charge in [0.15, 0.2) is 0 Å². The van der Waals surface area contributed by atoms with Crippen molar-refractivity contribution in [2.24, 2.45) is 0 Å². The molecule has 0 unspecified atom stereocenters. The zero-order valence-electron chi connectivity index (χ0n) is 30.5. The third-order valence-corrected chi connectivity index (χ3v) is 10.2. The third-order valence-electron chi connectivity index (χ3n) is 10.2. The molecule has 0 bridgehead atoms. The highest BCUT2D eigenvalue weighted by Crippen LogP contribution is 2.42. The van der Waals surface area contributed by atoms with Crippen molar-refractivity contribution in [2.75, 3.05) is 0 Å². The van der Waals surface area contributed by atoms with E-state index in [1.165, 1.54) is 0 Å². The Hall–Kier alpha value is -6.08. The van der Waals surface area contributed by atoms with Crippen LogP contribution in [0.3, 0.4) is 0 Å². The number of aromatic nitrogens is 4. The van der Waals surface area contributed by atoms with E-state index in [2.05, 4.69) is 0 Å². The monoisotopic (exact) mass is 608 g/mol. The van der Waals surface area contributed by atoms with Gasteiger partial charge in [0.05, 0.1) is 33.8 Å². The Bertz CT molecular complexity index is 3080. The summed E-state index contributed by atoms with van der Waals surface area (Å²) in [6, 6.07) is 33.3. The molecule has 0 atom stereocenters. The summed E-state index contributed by atoms with van der Waals surface area (Å²) in [5.41, 5.74) is 9.32. The van der Waals surface area contributed by atoms with Gasteiger partial charge in [-0.05, 0) is 77.6 Å². The van der Waals surface area contributed by atoms with E-state index in [0.29, 0.717) is 66.3 Å². The highest BCUT2D eigenvalue weighted by Gasteiger charge is 2.43. The summed E-state index contributed by atoms with van der Waals surface area (Å²) in [4.78, 5) is 0. The Morgan fingerprint density at radius 1 is 0.553 bits per heavy atom. The smallest absolute Gasteiger partial charge is 0.252 e. The van der Waals surface area contributed by atoms with E-state index in [4.69, 9.17) is 27.3 Å². The number of aryl methyl sites for hydroxylation is 2. The first-order valence-electron chi connectivity index (χ1n) is 18.5. The van der Waals surface area contributed by atoms with Gasteiger partial charge in [-0.25, -0.2) is 9.36 Å². The fourth-order valence-electron chi connectivity index (χ4n) is 8.44. The van der Waals surface area contributed by atoms with Crippen LogP contribution in [0.4, 0.5) is 0 Å². The predicted octanol–water partition coefficient (Wildman–Crippen LogP) is 7.59. The van der Waals surface area contributed by atoms with Crippen molar-refractivity contribution in [3.05, 3.63) is 115 Å². The highest BCUT2D eigenvalue weighted by atomic mass is 16.3. The van der Waals surface area contributed by atoms with Crippen LogP contribution in [0.15, 0.2) is 112 Å². The van der Waals surface area contributed by atoms with Crippen molar-refractivity contribution in [3.8, 4) is 22.5 Å². The molecule has 0 saturated carbocycles. The average Bonchev–Trinajstić information content (AvgIpc) is 3.91. The van der Waals surface area contributed by atoms with Crippen LogP contribution in [-0.2, 0) is 0 Å². The lowest BCUT2D eigenvalue weighted by Gasteiger charge is -2.32. The SMILES string of the molecule is [2H]C([2H])([2H])c1nn2c3c(cc4oc5ccccc5c4c13)B1c3c-2cc(-c2ccccc2)cc3-n2nc(C([2H])([2H])[2H])c3c4c(cc1c32)oc1ccccc14. The van der Waals surface area contributed by atoms with Crippen LogP contribution in [0.2, 0.25) is 0 Å². The summed E-state index contributed by atoms with van der Waals surface area (Å²) < 4.78 is 68.9. The van der Waals surface area contributed by atoms with Gasteiger partial charge in [-0.3, -0.25) is 0 Å². The molecule has 4 aromatic heterocycles. The zero-order chi connectivity index (χ0) is 35.7. The van der Waals surface area contributed by atoms with Crippen molar-refractivity contribution in [1.82, 2.24) is 19.6 Å². The molecule has 6 aromatic carbocycles. The molecular weight excluding hydrogens is 579 g/mol. The van der Waals surface area contributed by atoms with Crippen LogP contribution < -0.4 is 16.4 Å². The number of hydrogen-bond donors (Lipinski definition) is 0. The van der Waals surface area contributed by atoms with Crippen LogP contribution in [0.25, 0.3) is 88.2 Å². The Morgan fingerprint density at radius 2 is 1.06 bits per heavy atom. The molecule has 0 spiro atoms. The number of furan rings is 2. The summed E-state index contributed by atoms with van der Waals surface area (Å²) in [5.74, 6) is 0. The second-order valence-corrected chi connectivity index (χ2v) is 12.6. The van der Waals surface area contributed by atoms with Gasteiger partial charge in [0.2, 0.25) is 0 Å². The van der Waals surface area contributed by atoms with Crippen LogP contribution in [-0.4, -0.2) is 26.3 Å². The molecule has 7 heteroatoms. The molecule has 0 fully saturated rings. The molecule has 0 N–H and O–H groups in total. The highest BCUT2D eigenvalue weighted by molar-refractivity contribution is 7.00. The van der Waals surface area contributed by atoms with Crippen LogP contribution in [0, 0.1) is 13.7 Å². The molecule has 2 aliphatic heterocycles. The van der Waals surface area contributed by atoms with Crippen molar-refractivity contribution in [2.45, 2.75) is 13.7 Å². The maximum atomic E-state index is 8.73. The van der Waals surface area contributed by atoms with Gasteiger partial charge in [0.25, 0.3) is 6.71 Å². The number of fused-ring (bicyclic) bond motifs is 12. The standard InChI is InChI=1S/C40H23BN4O2/c1-20-34-36-24-12-6-8-14-30(24)46-32(36)18-26-39(34)44(42-20)28-16-23(22-10-4-3-5-11-22)17-29-38(28)41(26)27-19-33-37(25-13-7-9-15-31(25)47-33)35-21(2)43-45(29)40(27)35/h3-19H,1-2H3/i1D3,2D3. The first kappa shape index (κ1) is 19.4. The fourth-order valence-corrected chi connectivity index (χ4v) is 8.44. The molecule has 218 valence electrons. The molecule has 0 amide bonds. The normalized spacial score (nSPS) is 15.7. The van der Waals surface area contributed by atoms with E-state index in [-0.39, 0.29) is 11.4 Å². The van der Waals surface area contributed by atoms with Gasteiger partial charge < -0.3 is 8.83 Å². The van der Waals surface area contributed by atoms with Crippen LogP contribution in [0.5, 0.6) is 0 Å². The van der Waals surface area contributed by atoms with Crippen molar-refractivity contribution in [1.29, 1.82) is 0 Å². The zero-order valence-corrected chi connectivity index (χ0v) is 24.5. The minimum Gasteiger partial charge on any atom is -0.456 e. The van der Waals surface area contributed by atoms with E-state index in [9.17, 15) is 0 Å². The second-order valence-electron chi connectivity index (χ2n) is 12.6. The van der Waals surface area contributed by atoms with Crippen molar-refractivity contribution < 1.29 is 17.1 Å². The maximum absolute atomic E-state index is 8.73. The molecule has 0 saturated heterocycles.